The molecule has 0 aliphatic carbocycles. The largest absolute Gasteiger partial charge is 0.507 e. The third-order valence-corrected chi connectivity index (χ3v) is 8.02. The van der Waals surface area contributed by atoms with Gasteiger partial charge in [-0.25, -0.2) is 13.4 Å². The smallest absolute Gasteiger partial charge is 0.270 e. The van der Waals surface area contributed by atoms with Crippen LogP contribution >= 0.6 is 23.1 Å². The van der Waals surface area contributed by atoms with E-state index in [9.17, 15) is 23.6 Å². The van der Waals surface area contributed by atoms with E-state index < -0.39 is 14.9 Å². The SMILES string of the molecule is Cc1ccc([N+](=O)[O-])cc1S(=O)(=O)Nc1ccc(O)c(Sc2nc3ccccc3s2)c1. The van der Waals surface area contributed by atoms with Crippen LogP contribution < -0.4 is 4.72 Å². The molecule has 1 aromatic heterocycles. The molecule has 11 heteroatoms. The quantitative estimate of drug-likeness (QED) is 0.225. The Kier molecular flexibility index (Phi) is 5.56. The molecule has 0 aliphatic heterocycles. The molecule has 2 N–H and O–H groups in total. The van der Waals surface area contributed by atoms with Crippen molar-refractivity contribution in [2.45, 2.75) is 21.1 Å². The Morgan fingerprint density at radius 3 is 2.65 bits per heavy atom. The highest BCUT2D eigenvalue weighted by atomic mass is 32.2. The van der Waals surface area contributed by atoms with Crippen LogP contribution in [0.1, 0.15) is 5.56 Å². The number of aromatic nitrogens is 1. The van der Waals surface area contributed by atoms with Crippen LogP contribution in [0.25, 0.3) is 10.2 Å². The molecule has 158 valence electrons. The molecule has 31 heavy (non-hydrogen) atoms. The number of benzene rings is 3. The number of anilines is 1. The first-order valence-corrected chi connectivity index (χ1v) is 12.0. The Morgan fingerprint density at radius 1 is 1.13 bits per heavy atom. The van der Waals surface area contributed by atoms with E-state index >= 15 is 0 Å². The lowest BCUT2D eigenvalue weighted by atomic mass is 10.2. The summed E-state index contributed by atoms with van der Waals surface area (Å²) in [4.78, 5) is 15.1. The number of thiazole rings is 1. The number of nitrogens with one attached hydrogen (secondary N) is 1. The zero-order valence-corrected chi connectivity index (χ0v) is 18.4. The number of fused-ring (bicyclic) bond motifs is 1. The third-order valence-electron chi connectivity index (χ3n) is 4.36. The number of hydrogen-bond acceptors (Lipinski definition) is 8. The van der Waals surface area contributed by atoms with Crippen LogP contribution in [0.4, 0.5) is 11.4 Å². The maximum absolute atomic E-state index is 12.9. The van der Waals surface area contributed by atoms with Gasteiger partial charge >= 0.3 is 0 Å². The maximum Gasteiger partial charge on any atom is 0.270 e. The highest BCUT2D eigenvalue weighted by molar-refractivity contribution is 8.01. The van der Waals surface area contributed by atoms with Crippen LogP contribution in [-0.2, 0) is 10.0 Å². The first-order chi connectivity index (χ1) is 14.7. The predicted octanol–water partition coefficient (Wildman–Crippen LogP) is 5.17. The van der Waals surface area contributed by atoms with E-state index in [0.29, 0.717) is 14.8 Å². The van der Waals surface area contributed by atoms with E-state index in [2.05, 4.69) is 9.71 Å². The molecule has 8 nitrogen and oxygen atoms in total. The molecule has 0 aliphatic rings. The van der Waals surface area contributed by atoms with Crippen LogP contribution in [0.2, 0.25) is 0 Å². The number of non-ortho nitro benzene ring substituents is 1. The first kappa shape index (κ1) is 21.1. The molecule has 0 atom stereocenters. The van der Waals surface area contributed by atoms with Gasteiger partial charge in [-0.05, 0) is 42.8 Å². The Morgan fingerprint density at radius 2 is 1.90 bits per heavy atom. The van der Waals surface area contributed by atoms with Crippen molar-refractivity contribution in [2.24, 2.45) is 0 Å². The van der Waals surface area contributed by atoms with Gasteiger partial charge in [0.1, 0.15) is 5.75 Å². The van der Waals surface area contributed by atoms with Crippen molar-refractivity contribution in [2.75, 3.05) is 4.72 Å². The summed E-state index contributed by atoms with van der Waals surface area (Å²) < 4.78 is 29.8. The van der Waals surface area contributed by atoms with Gasteiger partial charge in [0, 0.05) is 12.1 Å². The summed E-state index contributed by atoms with van der Waals surface area (Å²) in [5.41, 5.74) is 1.12. The van der Waals surface area contributed by atoms with E-state index in [-0.39, 0.29) is 22.0 Å². The Bertz CT molecular complexity index is 1380. The number of sulfonamides is 1. The molecule has 1 heterocycles. The molecule has 0 amide bonds. The number of nitrogens with zero attached hydrogens (tertiary/aromatic N) is 2. The summed E-state index contributed by atoms with van der Waals surface area (Å²) in [5.74, 6) is -0.0151. The highest BCUT2D eigenvalue weighted by Gasteiger charge is 2.21. The summed E-state index contributed by atoms with van der Waals surface area (Å²) in [6.07, 6.45) is 0. The minimum Gasteiger partial charge on any atom is -0.507 e. The highest BCUT2D eigenvalue weighted by Crippen LogP contribution is 2.40. The normalized spacial score (nSPS) is 11.5. The second-order valence-electron chi connectivity index (χ2n) is 6.54. The minimum absolute atomic E-state index is 0.0151. The fourth-order valence-corrected chi connectivity index (χ4v) is 6.26. The van der Waals surface area contributed by atoms with Crippen molar-refractivity contribution in [3.05, 3.63) is 76.3 Å². The van der Waals surface area contributed by atoms with Crippen molar-refractivity contribution in [3.63, 3.8) is 0 Å². The van der Waals surface area contributed by atoms with Crippen LogP contribution in [0.15, 0.2) is 74.8 Å². The van der Waals surface area contributed by atoms with Crippen LogP contribution in [0, 0.1) is 17.0 Å². The van der Waals surface area contributed by atoms with Gasteiger partial charge in [0.2, 0.25) is 0 Å². The Balaban J connectivity index is 1.63. The summed E-state index contributed by atoms with van der Waals surface area (Å²) >= 11 is 2.68. The maximum atomic E-state index is 12.9. The number of nitro groups is 1. The number of hydrogen-bond donors (Lipinski definition) is 2. The molecular formula is C20H15N3O5S3. The number of phenolic OH excluding ortho intramolecular Hbond substituents is 1. The molecule has 4 aromatic rings. The average Bonchev–Trinajstić information content (AvgIpc) is 3.12. The topological polar surface area (TPSA) is 122 Å². The van der Waals surface area contributed by atoms with Crippen molar-refractivity contribution in [1.82, 2.24) is 4.98 Å². The van der Waals surface area contributed by atoms with Gasteiger partial charge in [0.15, 0.2) is 4.34 Å². The lowest BCUT2D eigenvalue weighted by molar-refractivity contribution is -0.385. The molecule has 0 unspecified atom stereocenters. The van der Waals surface area contributed by atoms with Crippen molar-refractivity contribution < 1.29 is 18.4 Å². The van der Waals surface area contributed by atoms with Crippen LogP contribution in [0.5, 0.6) is 5.75 Å². The molecule has 0 spiro atoms. The summed E-state index contributed by atoms with van der Waals surface area (Å²) in [6, 6.07) is 15.6. The van der Waals surface area contributed by atoms with E-state index in [0.717, 1.165) is 16.3 Å². The van der Waals surface area contributed by atoms with Gasteiger partial charge in [-0.3, -0.25) is 14.8 Å². The van der Waals surface area contributed by atoms with Crippen LogP contribution in [0.3, 0.4) is 0 Å². The second kappa shape index (κ2) is 8.17. The lowest BCUT2D eigenvalue weighted by Crippen LogP contribution is -2.14. The van der Waals surface area contributed by atoms with Gasteiger partial charge < -0.3 is 5.11 Å². The summed E-state index contributed by atoms with van der Waals surface area (Å²) in [5, 5.41) is 21.3. The number of nitro benzene ring substituents is 1. The predicted molar refractivity (Wildman–Crippen MR) is 120 cm³/mol. The number of aryl methyl sites for hydroxylation is 1. The minimum atomic E-state index is -4.08. The fraction of sp³-hybridized carbons (Fsp3) is 0.0500. The first-order valence-electron chi connectivity index (χ1n) is 8.87. The molecule has 0 fully saturated rings. The molecule has 0 radical (unpaired) electrons. The van der Waals surface area contributed by atoms with E-state index in [1.807, 2.05) is 24.3 Å². The van der Waals surface area contributed by atoms with Gasteiger partial charge in [0.05, 0.1) is 30.6 Å². The second-order valence-corrected chi connectivity index (χ2v) is 10.5. The van der Waals surface area contributed by atoms with Crippen molar-refractivity contribution in [1.29, 1.82) is 0 Å². The molecule has 4 rings (SSSR count). The fourth-order valence-electron chi connectivity index (χ4n) is 2.85. The zero-order valence-electron chi connectivity index (χ0n) is 16.0. The number of phenols is 1. The Hall–Kier alpha value is -3.15. The van der Waals surface area contributed by atoms with Gasteiger partial charge in [-0.2, -0.15) is 0 Å². The van der Waals surface area contributed by atoms with Crippen molar-refractivity contribution >= 4 is 54.7 Å². The standard InChI is InChI=1S/C20H15N3O5S3/c1-12-6-8-14(23(25)26)11-19(12)31(27,28)22-13-7-9-16(24)18(10-13)30-20-21-15-4-2-3-5-17(15)29-20/h2-11,22,24H,1H3. The number of rotatable bonds is 6. The summed E-state index contributed by atoms with van der Waals surface area (Å²) in [7, 11) is -4.08. The molecule has 0 bridgehead atoms. The van der Waals surface area contributed by atoms with E-state index in [1.54, 1.807) is 6.92 Å². The van der Waals surface area contributed by atoms with Crippen molar-refractivity contribution in [3.8, 4) is 5.75 Å². The molecule has 3 aromatic carbocycles. The molecule has 0 saturated carbocycles. The van der Waals surface area contributed by atoms with E-state index in [1.165, 1.54) is 53.4 Å². The van der Waals surface area contributed by atoms with Gasteiger partial charge in [-0.15, -0.1) is 11.3 Å². The van der Waals surface area contributed by atoms with Gasteiger partial charge in [0.25, 0.3) is 15.7 Å². The lowest BCUT2D eigenvalue weighted by Gasteiger charge is -2.12. The number of para-hydroxylation sites is 1. The average molecular weight is 474 g/mol. The molecule has 0 saturated heterocycles. The van der Waals surface area contributed by atoms with Gasteiger partial charge in [-0.1, -0.05) is 30.0 Å². The van der Waals surface area contributed by atoms with Crippen LogP contribution in [-0.4, -0.2) is 23.4 Å². The number of aromatic hydroxyl groups is 1. The Labute approximate surface area is 185 Å². The summed E-state index contributed by atoms with van der Waals surface area (Å²) in [6.45, 7) is 1.56. The molecular weight excluding hydrogens is 458 g/mol. The van der Waals surface area contributed by atoms with E-state index in [4.69, 9.17) is 0 Å². The third kappa shape index (κ3) is 4.48. The monoisotopic (exact) mass is 473 g/mol. The zero-order chi connectivity index (χ0) is 22.2.